The summed E-state index contributed by atoms with van der Waals surface area (Å²) in [4.78, 5) is 22.8. The van der Waals surface area contributed by atoms with Gasteiger partial charge in [-0.3, -0.25) is 4.68 Å². The lowest BCUT2D eigenvalue weighted by Crippen LogP contribution is -2.45. The number of carbonyl (C=O) groups is 2. The Bertz CT molecular complexity index is 510. The molecule has 1 unspecified atom stereocenters. The standard InChI is InChI=1S/C14H23N3O4S/c1-14(2,3)21-13(20)16-11(12(18)19)9-22-8-6-10-5-7-15-17(10)4/h5,7,11H,6,8-9H2,1-4H3,(H,16,20)(H,18,19). The maximum Gasteiger partial charge on any atom is 0.408 e. The van der Waals surface area contributed by atoms with E-state index in [0.29, 0.717) is 0 Å². The molecule has 0 fully saturated rings. The van der Waals surface area contributed by atoms with E-state index in [9.17, 15) is 9.59 Å². The molecule has 1 amide bonds. The van der Waals surface area contributed by atoms with Crippen molar-refractivity contribution in [2.24, 2.45) is 7.05 Å². The number of aliphatic carboxylic acids is 1. The Morgan fingerprint density at radius 3 is 2.68 bits per heavy atom. The Kier molecular flexibility index (Phi) is 6.73. The van der Waals surface area contributed by atoms with Crippen LogP contribution in [0.4, 0.5) is 4.79 Å². The largest absolute Gasteiger partial charge is 0.480 e. The molecule has 0 aliphatic carbocycles. The maximum atomic E-state index is 11.6. The van der Waals surface area contributed by atoms with Gasteiger partial charge in [-0.15, -0.1) is 0 Å². The van der Waals surface area contributed by atoms with E-state index in [1.165, 1.54) is 11.8 Å². The molecular weight excluding hydrogens is 306 g/mol. The number of ether oxygens (including phenoxy) is 1. The molecule has 1 heterocycles. The molecule has 22 heavy (non-hydrogen) atoms. The van der Waals surface area contributed by atoms with Gasteiger partial charge in [0, 0.05) is 24.7 Å². The van der Waals surface area contributed by atoms with E-state index in [-0.39, 0.29) is 5.75 Å². The van der Waals surface area contributed by atoms with Crippen LogP contribution in [0.2, 0.25) is 0 Å². The second-order valence-corrected chi connectivity index (χ2v) is 6.96. The number of nitrogens with zero attached hydrogens (tertiary/aromatic N) is 2. The van der Waals surface area contributed by atoms with Gasteiger partial charge in [-0.1, -0.05) is 0 Å². The van der Waals surface area contributed by atoms with Crippen LogP contribution in [0.15, 0.2) is 12.3 Å². The highest BCUT2D eigenvalue weighted by Gasteiger charge is 2.23. The van der Waals surface area contributed by atoms with Crippen LogP contribution in [0.3, 0.4) is 0 Å². The Morgan fingerprint density at radius 1 is 1.50 bits per heavy atom. The molecule has 0 saturated carbocycles. The summed E-state index contributed by atoms with van der Waals surface area (Å²) in [5, 5.41) is 15.6. The quantitative estimate of drug-likeness (QED) is 0.739. The first-order chi connectivity index (χ1) is 10.2. The van der Waals surface area contributed by atoms with Crippen molar-refractivity contribution in [3.63, 3.8) is 0 Å². The van der Waals surface area contributed by atoms with Gasteiger partial charge in [0.1, 0.15) is 11.6 Å². The molecule has 2 N–H and O–H groups in total. The van der Waals surface area contributed by atoms with Gasteiger partial charge in [0.2, 0.25) is 0 Å². The molecule has 0 saturated heterocycles. The lowest BCUT2D eigenvalue weighted by Gasteiger charge is -2.21. The maximum absolute atomic E-state index is 11.6. The summed E-state index contributed by atoms with van der Waals surface area (Å²) in [6.07, 6.45) is 1.80. The van der Waals surface area contributed by atoms with Crippen molar-refractivity contribution in [1.29, 1.82) is 0 Å². The first-order valence-corrected chi connectivity index (χ1v) is 8.11. The van der Waals surface area contributed by atoms with Gasteiger partial charge < -0.3 is 15.2 Å². The van der Waals surface area contributed by atoms with Crippen LogP contribution in [-0.2, 0) is 23.0 Å². The van der Waals surface area contributed by atoms with Gasteiger partial charge in [-0.05, 0) is 39.0 Å². The lowest BCUT2D eigenvalue weighted by atomic mass is 10.2. The Labute approximate surface area is 134 Å². The van der Waals surface area contributed by atoms with Crippen LogP contribution in [0.5, 0.6) is 0 Å². The third kappa shape index (κ3) is 6.84. The number of aromatic nitrogens is 2. The number of thioether (sulfide) groups is 1. The minimum Gasteiger partial charge on any atom is -0.480 e. The summed E-state index contributed by atoms with van der Waals surface area (Å²) >= 11 is 1.46. The van der Waals surface area contributed by atoms with Crippen LogP contribution in [0.25, 0.3) is 0 Å². The minimum atomic E-state index is -1.07. The monoisotopic (exact) mass is 329 g/mol. The number of carbonyl (C=O) groups excluding carboxylic acids is 1. The first-order valence-electron chi connectivity index (χ1n) is 6.96. The number of nitrogens with one attached hydrogen (secondary N) is 1. The molecule has 0 aliphatic heterocycles. The van der Waals surface area contributed by atoms with Gasteiger partial charge in [0.05, 0.1) is 0 Å². The number of alkyl carbamates (subject to hydrolysis) is 1. The molecule has 0 aliphatic rings. The highest BCUT2D eigenvalue weighted by molar-refractivity contribution is 7.99. The van der Waals surface area contributed by atoms with E-state index >= 15 is 0 Å². The molecule has 1 aromatic rings. The summed E-state index contributed by atoms with van der Waals surface area (Å²) < 4.78 is 6.85. The second-order valence-electron chi connectivity index (χ2n) is 5.81. The fourth-order valence-corrected chi connectivity index (χ4v) is 2.63. The third-order valence-corrected chi connectivity index (χ3v) is 3.76. The molecule has 1 rings (SSSR count). The Hall–Kier alpha value is -1.70. The SMILES string of the molecule is Cn1nccc1CCSCC(NC(=O)OC(C)(C)C)C(=O)O. The first kappa shape index (κ1) is 18.3. The summed E-state index contributed by atoms with van der Waals surface area (Å²) in [6.45, 7) is 5.18. The lowest BCUT2D eigenvalue weighted by molar-refractivity contribution is -0.138. The normalized spacial score (nSPS) is 12.7. The molecular formula is C14H23N3O4S. The van der Waals surface area contributed by atoms with E-state index in [0.717, 1.165) is 17.9 Å². The summed E-state index contributed by atoms with van der Waals surface area (Å²) in [5.41, 5.74) is 0.430. The van der Waals surface area contributed by atoms with Gasteiger partial charge in [-0.2, -0.15) is 16.9 Å². The molecule has 0 bridgehead atoms. The van der Waals surface area contributed by atoms with Crippen LogP contribution >= 0.6 is 11.8 Å². The molecule has 7 nitrogen and oxygen atoms in total. The topological polar surface area (TPSA) is 93.5 Å². The molecule has 1 atom stereocenters. The van der Waals surface area contributed by atoms with Crippen molar-refractivity contribution >= 4 is 23.8 Å². The van der Waals surface area contributed by atoms with Crippen molar-refractivity contribution in [3.8, 4) is 0 Å². The average molecular weight is 329 g/mol. The predicted octanol–water partition coefficient (Wildman–Crippen LogP) is 1.67. The fourth-order valence-electron chi connectivity index (χ4n) is 1.65. The highest BCUT2D eigenvalue weighted by Crippen LogP contribution is 2.10. The highest BCUT2D eigenvalue weighted by atomic mass is 32.2. The Balaban J connectivity index is 2.37. The minimum absolute atomic E-state index is 0.284. The number of hydrogen-bond donors (Lipinski definition) is 2. The zero-order valence-corrected chi connectivity index (χ0v) is 14.1. The van der Waals surface area contributed by atoms with Gasteiger partial charge in [0.15, 0.2) is 0 Å². The van der Waals surface area contributed by atoms with E-state index in [1.807, 2.05) is 13.1 Å². The van der Waals surface area contributed by atoms with Crippen molar-refractivity contribution in [2.45, 2.75) is 38.8 Å². The number of amides is 1. The molecule has 1 aromatic heterocycles. The molecule has 8 heteroatoms. The summed E-state index contributed by atoms with van der Waals surface area (Å²) in [7, 11) is 1.87. The van der Waals surface area contributed by atoms with Crippen molar-refractivity contribution in [1.82, 2.24) is 15.1 Å². The van der Waals surface area contributed by atoms with Crippen molar-refractivity contribution < 1.29 is 19.4 Å². The number of aryl methyl sites for hydroxylation is 2. The molecule has 0 radical (unpaired) electrons. The fraction of sp³-hybridized carbons (Fsp3) is 0.643. The van der Waals surface area contributed by atoms with Crippen LogP contribution in [0.1, 0.15) is 26.5 Å². The Morgan fingerprint density at radius 2 is 2.18 bits per heavy atom. The smallest absolute Gasteiger partial charge is 0.408 e. The van der Waals surface area contributed by atoms with Crippen LogP contribution in [-0.4, -0.2) is 50.1 Å². The van der Waals surface area contributed by atoms with E-state index in [1.54, 1.807) is 31.6 Å². The van der Waals surface area contributed by atoms with Crippen molar-refractivity contribution in [2.75, 3.05) is 11.5 Å². The van der Waals surface area contributed by atoms with Crippen LogP contribution < -0.4 is 5.32 Å². The van der Waals surface area contributed by atoms with Crippen LogP contribution in [0, 0.1) is 0 Å². The number of carboxylic acids is 1. The number of rotatable bonds is 7. The summed E-state index contributed by atoms with van der Waals surface area (Å²) in [5.74, 6) is -0.0370. The predicted molar refractivity (Wildman–Crippen MR) is 85.0 cm³/mol. The van der Waals surface area contributed by atoms with Crippen molar-refractivity contribution in [3.05, 3.63) is 18.0 Å². The molecule has 0 aromatic carbocycles. The van der Waals surface area contributed by atoms with E-state index in [2.05, 4.69) is 10.4 Å². The van der Waals surface area contributed by atoms with E-state index < -0.39 is 23.7 Å². The van der Waals surface area contributed by atoms with Gasteiger partial charge in [0.25, 0.3) is 0 Å². The average Bonchev–Trinajstić information content (AvgIpc) is 2.76. The number of carboxylic acid groups (broad SMARTS) is 1. The van der Waals surface area contributed by atoms with E-state index in [4.69, 9.17) is 9.84 Å². The summed E-state index contributed by atoms with van der Waals surface area (Å²) in [6, 6.07) is 0.958. The zero-order valence-electron chi connectivity index (χ0n) is 13.3. The van der Waals surface area contributed by atoms with Gasteiger partial charge in [-0.25, -0.2) is 9.59 Å². The second kappa shape index (κ2) is 8.07. The molecule has 0 spiro atoms. The molecule has 124 valence electrons. The number of hydrogen-bond acceptors (Lipinski definition) is 5. The van der Waals surface area contributed by atoms with Gasteiger partial charge >= 0.3 is 12.1 Å². The third-order valence-electron chi connectivity index (χ3n) is 2.70. The zero-order chi connectivity index (χ0) is 16.8.